The number of ether oxygens (including phenoxy) is 1. The highest BCUT2D eigenvalue weighted by Crippen LogP contribution is 2.32. The molecule has 0 unspecified atom stereocenters. The third-order valence-electron chi connectivity index (χ3n) is 5.46. The fourth-order valence-corrected chi connectivity index (χ4v) is 4.18. The number of nitrogens with one attached hydrogen (secondary N) is 1. The van der Waals surface area contributed by atoms with Gasteiger partial charge < -0.3 is 10.1 Å². The van der Waals surface area contributed by atoms with E-state index >= 15 is 0 Å². The summed E-state index contributed by atoms with van der Waals surface area (Å²) in [5.41, 5.74) is 1.24. The van der Waals surface area contributed by atoms with Crippen LogP contribution < -0.4 is 5.32 Å². The average molecular weight is 339 g/mol. The second-order valence-electron chi connectivity index (χ2n) is 7.32. The van der Waals surface area contributed by atoms with Crippen LogP contribution in [0.4, 0.5) is 0 Å². The van der Waals surface area contributed by atoms with Crippen molar-refractivity contribution in [3.05, 3.63) is 48.0 Å². The smallest absolute Gasteiger partial charge is 0.239 e. The Labute approximate surface area is 148 Å². The summed E-state index contributed by atoms with van der Waals surface area (Å²) in [5, 5.41) is 5.33. The molecule has 1 spiro atoms. The standard InChI is InChI=1S/C20H25N3O2/c1-21-19(24)18-11-25-20(12-22(18)2)13-23(14-20)10-16-8-5-7-15-6-3-4-9-17(15)16/h3-9,18H,10-14H2,1-2H3,(H,21,24)/t18-/m1/s1. The van der Waals surface area contributed by atoms with Gasteiger partial charge in [0.15, 0.2) is 0 Å². The highest BCUT2D eigenvalue weighted by molar-refractivity contribution is 5.85. The van der Waals surface area contributed by atoms with E-state index < -0.39 is 0 Å². The van der Waals surface area contributed by atoms with Crippen molar-refractivity contribution in [1.29, 1.82) is 0 Å². The van der Waals surface area contributed by atoms with Gasteiger partial charge in [0.2, 0.25) is 5.91 Å². The van der Waals surface area contributed by atoms with Gasteiger partial charge in [0.1, 0.15) is 11.6 Å². The lowest BCUT2D eigenvalue weighted by molar-refractivity contribution is -0.198. The molecule has 1 amide bonds. The van der Waals surface area contributed by atoms with Crippen LogP contribution in [-0.4, -0.2) is 67.7 Å². The number of likely N-dealkylation sites (N-methyl/N-ethyl adjacent to an activating group) is 2. The second-order valence-corrected chi connectivity index (χ2v) is 7.32. The molecule has 2 heterocycles. The van der Waals surface area contributed by atoms with Gasteiger partial charge in [-0.05, 0) is 23.4 Å². The Morgan fingerprint density at radius 2 is 1.96 bits per heavy atom. The molecule has 2 saturated heterocycles. The Balaban J connectivity index is 1.40. The molecule has 0 aliphatic carbocycles. The normalized spacial score (nSPS) is 23.5. The van der Waals surface area contributed by atoms with Gasteiger partial charge in [-0.15, -0.1) is 0 Å². The van der Waals surface area contributed by atoms with Crippen LogP contribution >= 0.6 is 0 Å². The minimum Gasteiger partial charge on any atom is -0.369 e. The number of fused-ring (bicyclic) bond motifs is 1. The maximum atomic E-state index is 11.9. The average Bonchev–Trinajstić information content (AvgIpc) is 2.60. The lowest BCUT2D eigenvalue weighted by Gasteiger charge is -2.55. The van der Waals surface area contributed by atoms with Crippen LogP contribution in [-0.2, 0) is 16.1 Å². The van der Waals surface area contributed by atoms with Gasteiger partial charge in [-0.1, -0.05) is 42.5 Å². The molecule has 25 heavy (non-hydrogen) atoms. The summed E-state index contributed by atoms with van der Waals surface area (Å²) >= 11 is 0. The van der Waals surface area contributed by atoms with Crippen LogP contribution in [0.15, 0.2) is 42.5 Å². The minimum atomic E-state index is -0.178. The molecule has 2 aromatic rings. The summed E-state index contributed by atoms with van der Waals surface area (Å²) in [5.74, 6) is 0.0317. The zero-order valence-electron chi connectivity index (χ0n) is 14.9. The van der Waals surface area contributed by atoms with E-state index in [1.807, 2.05) is 7.05 Å². The predicted molar refractivity (Wildman–Crippen MR) is 98.4 cm³/mol. The number of nitrogens with zero attached hydrogens (tertiary/aromatic N) is 2. The summed E-state index contributed by atoms with van der Waals surface area (Å²) in [6, 6.07) is 14.9. The van der Waals surface area contributed by atoms with E-state index in [9.17, 15) is 4.79 Å². The van der Waals surface area contributed by atoms with Crippen LogP contribution in [0.5, 0.6) is 0 Å². The van der Waals surface area contributed by atoms with Crippen molar-refractivity contribution in [3.8, 4) is 0 Å². The lowest BCUT2D eigenvalue weighted by Crippen LogP contribution is -2.71. The summed E-state index contributed by atoms with van der Waals surface area (Å²) < 4.78 is 6.12. The molecule has 4 rings (SSSR count). The predicted octanol–water partition coefficient (Wildman–Crippen LogP) is 1.47. The second kappa shape index (κ2) is 6.41. The zero-order chi connectivity index (χ0) is 17.4. The Morgan fingerprint density at radius 1 is 1.20 bits per heavy atom. The molecular weight excluding hydrogens is 314 g/mol. The van der Waals surface area contributed by atoms with E-state index in [2.05, 4.69) is 57.6 Å². The number of hydrogen-bond acceptors (Lipinski definition) is 4. The van der Waals surface area contributed by atoms with Gasteiger partial charge in [-0.25, -0.2) is 0 Å². The van der Waals surface area contributed by atoms with E-state index in [1.54, 1.807) is 7.05 Å². The summed E-state index contributed by atoms with van der Waals surface area (Å²) in [7, 11) is 3.69. The molecule has 5 heteroatoms. The first kappa shape index (κ1) is 16.5. The zero-order valence-corrected chi connectivity index (χ0v) is 14.9. The number of morpholine rings is 1. The number of rotatable bonds is 3. The van der Waals surface area contributed by atoms with Crippen molar-refractivity contribution >= 4 is 16.7 Å². The van der Waals surface area contributed by atoms with Crippen LogP contribution in [0, 0.1) is 0 Å². The van der Waals surface area contributed by atoms with Crippen LogP contribution in [0.25, 0.3) is 10.8 Å². The van der Waals surface area contributed by atoms with Crippen LogP contribution in [0.2, 0.25) is 0 Å². The molecule has 2 fully saturated rings. The SMILES string of the molecule is CNC(=O)[C@H]1COC2(CN(Cc3cccc4ccccc34)C2)CN1C. The topological polar surface area (TPSA) is 44.8 Å². The van der Waals surface area contributed by atoms with Crippen molar-refractivity contribution in [1.82, 2.24) is 15.1 Å². The van der Waals surface area contributed by atoms with Crippen molar-refractivity contribution < 1.29 is 9.53 Å². The molecule has 0 bridgehead atoms. The Kier molecular flexibility index (Phi) is 4.23. The maximum absolute atomic E-state index is 11.9. The third-order valence-corrected chi connectivity index (χ3v) is 5.46. The largest absolute Gasteiger partial charge is 0.369 e. The number of amides is 1. The number of benzene rings is 2. The molecule has 2 aliphatic heterocycles. The number of hydrogen-bond donors (Lipinski definition) is 1. The number of carbonyl (C=O) groups excluding carboxylic acids is 1. The summed E-state index contributed by atoms with van der Waals surface area (Å²) in [6.07, 6.45) is 0. The van der Waals surface area contributed by atoms with Gasteiger partial charge in [0, 0.05) is 33.2 Å². The summed E-state index contributed by atoms with van der Waals surface area (Å²) in [4.78, 5) is 16.4. The molecule has 2 aliphatic rings. The minimum absolute atomic E-state index is 0.0317. The van der Waals surface area contributed by atoms with Crippen molar-refractivity contribution in [2.24, 2.45) is 0 Å². The monoisotopic (exact) mass is 339 g/mol. The van der Waals surface area contributed by atoms with Gasteiger partial charge >= 0.3 is 0 Å². The first-order valence-electron chi connectivity index (χ1n) is 8.85. The molecule has 1 atom stereocenters. The Bertz CT molecular complexity index is 780. The highest BCUT2D eigenvalue weighted by atomic mass is 16.5. The molecule has 0 radical (unpaired) electrons. The number of carbonyl (C=O) groups is 1. The van der Waals surface area contributed by atoms with E-state index in [1.165, 1.54) is 16.3 Å². The quantitative estimate of drug-likeness (QED) is 0.920. The fraction of sp³-hybridized carbons (Fsp3) is 0.450. The third kappa shape index (κ3) is 3.03. The van der Waals surface area contributed by atoms with Crippen molar-refractivity contribution in [2.75, 3.05) is 40.3 Å². The van der Waals surface area contributed by atoms with E-state index in [4.69, 9.17) is 4.74 Å². The van der Waals surface area contributed by atoms with Crippen molar-refractivity contribution in [3.63, 3.8) is 0 Å². The van der Waals surface area contributed by atoms with Crippen LogP contribution in [0.1, 0.15) is 5.56 Å². The summed E-state index contributed by atoms with van der Waals surface area (Å²) in [6.45, 7) is 4.05. The highest BCUT2D eigenvalue weighted by Gasteiger charge is 2.49. The number of likely N-dealkylation sites (tertiary alicyclic amines) is 1. The van der Waals surface area contributed by atoms with E-state index in [0.29, 0.717) is 6.61 Å². The molecule has 0 aromatic heterocycles. The van der Waals surface area contributed by atoms with Crippen LogP contribution in [0.3, 0.4) is 0 Å². The first-order chi connectivity index (χ1) is 12.1. The fourth-order valence-electron chi connectivity index (χ4n) is 4.18. The molecular formula is C20H25N3O2. The maximum Gasteiger partial charge on any atom is 0.239 e. The Morgan fingerprint density at radius 3 is 2.72 bits per heavy atom. The molecule has 5 nitrogen and oxygen atoms in total. The molecule has 1 N–H and O–H groups in total. The first-order valence-corrected chi connectivity index (χ1v) is 8.85. The molecule has 0 saturated carbocycles. The lowest BCUT2D eigenvalue weighted by atomic mass is 9.89. The van der Waals surface area contributed by atoms with E-state index in [0.717, 1.165) is 26.2 Å². The van der Waals surface area contributed by atoms with Gasteiger partial charge in [0.05, 0.1) is 6.61 Å². The van der Waals surface area contributed by atoms with Gasteiger partial charge in [-0.3, -0.25) is 14.6 Å². The van der Waals surface area contributed by atoms with E-state index in [-0.39, 0.29) is 17.6 Å². The molecule has 2 aromatic carbocycles. The molecule has 132 valence electrons. The van der Waals surface area contributed by atoms with Crippen molar-refractivity contribution in [2.45, 2.75) is 18.2 Å². The Hall–Kier alpha value is -1.95. The van der Waals surface area contributed by atoms with Gasteiger partial charge in [0.25, 0.3) is 0 Å². The van der Waals surface area contributed by atoms with Gasteiger partial charge in [-0.2, -0.15) is 0 Å².